The summed E-state index contributed by atoms with van der Waals surface area (Å²) in [6, 6.07) is 2.23. The average molecular weight is 497 g/mol. The highest BCUT2D eigenvalue weighted by Gasteiger charge is 2.31. The number of carboxylic acid groups (broad SMARTS) is 1. The van der Waals surface area contributed by atoms with E-state index in [-0.39, 0.29) is 29.8 Å². The van der Waals surface area contributed by atoms with Crippen molar-refractivity contribution in [3.05, 3.63) is 29.8 Å². The third-order valence-corrected chi connectivity index (χ3v) is 5.48. The van der Waals surface area contributed by atoms with E-state index in [1.165, 1.54) is 12.1 Å². The van der Waals surface area contributed by atoms with Crippen LogP contribution in [0, 0.1) is 11.8 Å². The van der Waals surface area contributed by atoms with E-state index in [1.807, 2.05) is 13.8 Å². The van der Waals surface area contributed by atoms with Gasteiger partial charge in [0.1, 0.15) is 23.9 Å². The van der Waals surface area contributed by atoms with Gasteiger partial charge in [0.2, 0.25) is 17.7 Å². The summed E-state index contributed by atoms with van der Waals surface area (Å²) in [6.45, 7) is 7.20. The van der Waals surface area contributed by atoms with Crippen molar-refractivity contribution in [1.29, 1.82) is 0 Å². The van der Waals surface area contributed by atoms with E-state index in [2.05, 4.69) is 28.6 Å². The second kappa shape index (κ2) is 13.8. The quantitative estimate of drug-likeness (QED) is 0.194. The van der Waals surface area contributed by atoms with Crippen molar-refractivity contribution >= 4 is 36.3 Å². The molecular weight excluding hydrogens is 460 g/mol. The molecule has 4 atom stereocenters. The Morgan fingerprint density at radius 3 is 1.94 bits per heavy atom. The number of carboxylic acids is 1. The van der Waals surface area contributed by atoms with Crippen LogP contribution in [0.3, 0.4) is 0 Å². The van der Waals surface area contributed by atoms with E-state index in [0.717, 1.165) is 5.56 Å². The van der Waals surface area contributed by atoms with Crippen molar-refractivity contribution in [2.24, 2.45) is 17.6 Å². The molecule has 1 aromatic carbocycles. The highest BCUT2D eigenvalue weighted by atomic mass is 32.1. The van der Waals surface area contributed by atoms with Crippen LogP contribution in [-0.4, -0.2) is 63.8 Å². The van der Waals surface area contributed by atoms with Crippen molar-refractivity contribution in [2.45, 2.75) is 64.7 Å². The zero-order chi connectivity index (χ0) is 26.0. The molecule has 0 aromatic heterocycles. The molecule has 190 valence electrons. The Kier molecular flexibility index (Phi) is 11.9. The topological polar surface area (TPSA) is 171 Å². The minimum atomic E-state index is -1.23. The van der Waals surface area contributed by atoms with E-state index in [9.17, 15) is 24.3 Å². The second-order valence-electron chi connectivity index (χ2n) is 8.98. The predicted molar refractivity (Wildman–Crippen MR) is 131 cm³/mol. The van der Waals surface area contributed by atoms with Crippen LogP contribution < -0.4 is 21.7 Å². The van der Waals surface area contributed by atoms with Crippen LogP contribution in [0.5, 0.6) is 5.75 Å². The first kappa shape index (κ1) is 29.2. The summed E-state index contributed by atoms with van der Waals surface area (Å²) < 4.78 is 0. The molecule has 0 fully saturated rings. The zero-order valence-electron chi connectivity index (χ0n) is 19.9. The number of nitrogens with one attached hydrogen (secondary N) is 3. The van der Waals surface area contributed by atoms with Gasteiger partial charge in [-0.2, -0.15) is 12.6 Å². The molecule has 10 nitrogen and oxygen atoms in total. The van der Waals surface area contributed by atoms with Crippen LogP contribution in [0.2, 0.25) is 0 Å². The van der Waals surface area contributed by atoms with Gasteiger partial charge < -0.3 is 31.9 Å². The first-order valence-electron chi connectivity index (χ1n) is 11.1. The SMILES string of the molecule is CC(C)CC(NC(=O)C(N)Cc1ccc(O)cc1)C(=O)NC(C(=O)NC(CS)C(=O)O)C(C)C. The fourth-order valence-corrected chi connectivity index (χ4v) is 3.44. The number of carbonyl (C=O) groups excluding carboxylic acids is 3. The first-order valence-corrected chi connectivity index (χ1v) is 11.8. The molecule has 0 radical (unpaired) electrons. The van der Waals surface area contributed by atoms with Crippen LogP contribution >= 0.6 is 12.6 Å². The molecule has 0 heterocycles. The van der Waals surface area contributed by atoms with Crippen molar-refractivity contribution in [1.82, 2.24) is 16.0 Å². The largest absolute Gasteiger partial charge is 0.508 e. The van der Waals surface area contributed by atoms with E-state index < -0.39 is 47.9 Å². The van der Waals surface area contributed by atoms with Gasteiger partial charge in [-0.1, -0.05) is 39.8 Å². The molecule has 0 saturated heterocycles. The summed E-state index contributed by atoms with van der Waals surface area (Å²) in [7, 11) is 0. The number of nitrogens with two attached hydrogens (primary N) is 1. The number of benzene rings is 1. The van der Waals surface area contributed by atoms with Crippen LogP contribution in [0.1, 0.15) is 39.7 Å². The summed E-state index contributed by atoms with van der Waals surface area (Å²) in [5, 5.41) is 26.2. The van der Waals surface area contributed by atoms with Crippen molar-refractivity contribution < 1.29 is 29.4 Å². The van der Waals surface area contributed by atoms with Crippen LogP contribution in [0.15, 0.2) is 24.3 Å². The standard InChI is InChI=1S/C23H36N4O6S/c1-12(2)9-17(25-20(29)16(24)10-14-5-7-15(28)8-6-14)21(30)27-19(13(3)4)22(31)26-18(11-34)23(32)33/h5-8,12-13,16-19,28,34H,9-11,24H2,1-4H3,(H,25,29)(H,26,31)(H,27,30)(H,32,33). The van der Waals surface area contributed by atoms with E-state index >= 15 is 0 Å². The molecule has 3 amide bonds. The number of phenolic OH excluding ortho intramolecular Hbond substituents is 1. The van der Waals surface area contributed by atoms with Gasteiger partial charge in [-0.25, -0.2) is 4.79 Å². The number of thiol groups is 1. The van der Waals surface area contributed by atoms with Gasteiger partial charge >= 0.3 is 5.97 Å². The number of amides is 3. The maximum atomic E-state index is 13.0. The number of rotatable bonds is 13. The summed E-state index contributed by atoms with van der Waals surface area (Å²) in [5.74, 6) is -3.27. The third-order valence-electron chi connectivity index (χ3n) is 5.11. The molecule has 0 aliphatic rings. The number of aromatic hydroxyl groups is 1. The van der Waals surface area contributed by atoms with Gasteiger partial charge in [-0.15, -0.1) is 0 Å². The number of aliphatic carboxylic acids is 1. The lowest BCUT2D eigenvalue weighted by atomic mass is 9.99. The molecule has 1 aromatic rings. The van der Waals surface area contributed by atoms with Crippen molar-refractivity contribution in [3.63, 3.8) is 0 Å². The van der Waals surface area contributed by atoms with Gasteiger partial charge in [-0.05, 0) is 42.4 Å². The maximum Gasteiger partial charge on any atom is 0.327 e. The first-order chi connectivity index (χ1) is 15.8. The summed E-state index contributed by atoms with van der Waals surface area (Å²) in [4.78, 5) is 49.6. The molecule has 4 unspecified atom stereocenters. The lowest BCUT2D eigenvalue weighted by Crippen LogP contribution is -2.59. The zero-order valence-corrected chi connectivity index (χ0v) is 20.8. The number of phenols is 1. The fraction of sp³-hybridized carbons (Fsp3) is 0.565. The van der Waals surface area contributed by atoms with Crippen molar-refractivity contribution in [3.8, 4) is 5.75 Å². The molecule has 0 spiro atoms. The molecule has 0 aliphatic carbocycles. The van der Waals surface area contributed by atoms with E-state index in [1.54, 1.807) is 26.0 Å². The second-order valence-corrected chi connectivity index (χ2v) is 9.35. The van der Waals surface area contributed by atoms with Crippen LogP contribution in [0.25, 0.3) is 0 Å². The number of hydrogen-bond acceptors (Lipinski definition) is 7. The molecule has 0 aliphatic heterocycles. The molecule has 7 N–H and O–H groups in total. The van der Waals surface area contributed by atoms with Crippen molar-refractivity contribution in [2.75, 3.05) is 5.75 Å². The highest BCUT2D eigenvalue weighted by molar-refractivity contribution is 7.80. The number of carbonyl (C=O) groups is 4. The van der Waals surface area contributed by atoms with Crippen LogP contribution in [-0.2, 0) is 25.6 Å². The van der Waals surface area contributed by atoms with E-state index in [0.29, 0.717) is 6.42 Å². The fourth-order valence-electron chi connectivity index (χ4n) is 3.20. The lowest BCUT2D eigenvalue weighted by Gasteiger charge is -2.27. The number of hydrogen-bond donors (Lipinski definition) is 7. The average Bonchev–Trinajstić information content (AvgIpc) is 2.75. The van der Waals surface area contributed by atoms with Crippen LogP contribution in [0.4, 0.5) is 0 Å². The molecule has 1 rings (SSSR count). The lowest BCUT2D eigenvalue weighted by molar-refractivity contribution is -0.142. The Morgan fingerprint density at radius 2 is 1.47 bits per heavy atom. The third kappa shape index (κ3) is 9.60. The Morgan fingerprint density at radius 1 is 0.912 bits per heavy atom. The molecule has 11 heteroatoms. The molecule has 0 bridgehead atoms. The van der Waals surface area contributed by atoms with Gasteiger partial charge in [0, 0.05) is 5.75 Å². The summed E-state index contributed by atoms with van der Waals surface area (Å²) in [5.41, 5.74) is 6.78. The minimum absolute atomic E-state index is 0.0521. The van der Waals surface area contributed by atoms with E-state index in [4.69, 9.17) is 10.8 Å². The van der Waals surface area contributed by atoms with Gasteiger partial charge in [0.15, 0.2) is 0 Å². The highest BCUT2D eigenvalue weighted by Crippen LogP contribution is 2.12. The Balaban J connectivity index is 2.90. The maximum absolute atomic E-state index is 13.0. The molecule has 34 heavy (non-hydrogen) atoms. The summed E-state index contributed by atoms with van der Waals surface area (Å²) >= 11 is 3.93. The predicted octanol–water partition coefficient (Wildman–Crippen LogP) is 0.433. The Labute approximate surface area is 205 Å². The van der Waals surface area contributed by atoms with Gasteiger partial charge in [0.05, 0.1) is 6.04 Å². The van der Waals surface area contributed by atoms with Gasteiger partial charge in [0.25, 0.3) is 0 Å². The Hall–Kier alpha value is -2.79. The molecule has 0 saturated carbocycles. The Bertz CT molecular complexity index is 846. The van der Waals surface area contributed by atoms with Gasteiger partial charge in [-0.3, -0.25) is 14.4 Å². The normalized spacial score (nSPS) is 14.7. The minimum Gasteiger partial charge on any atom is -0.508 e. The monoisotopic (exact) mass is 496 g/mol. The summed E-state index contributed by atoms with van der Waals surface area (Å²) in [6.07, 6.45) is 0.518. The smallest absolute Gasteiger partial charge is 0.327 e. The molecular formula is C23H36N4O6S.